The number of hydrogen-bond acceptors (Lipinski definition) is 4. The summed E-state index contributed by atoms with van der Waals surface area (Å²) >= 11 is 0. The average Bonchev–Trinajstić information content (AvgIpc) is 3.43. The number of carbonyl (C=O) groups excluding carboxylic acids is 1. The Morgan fingerprint density at radius 3 is 2.59 bits per heavy atom. The molecule has 5 aromatic rings. The SMILES string of the molecule is Cc1nn(C(C)C(=O)NCCc2c[nH]c3ccccc23)c(=O)c2c(C)n(-c3ccccc3)nc12. The molecular weight excluding hydrogens is 428 g/mol. The van der Waals surface area contributed by atoms with Gasteiger partial charge in [-0.3, -0.25) is 9.59 Å². The standard InChI is InChI=1S/C26H26N6O2/c1-16-24-23(17(2)31(30-24)20-9-5-4-6-10-20)26(34)32(29-16)18(3)25(33)27-14-13-19-15-28-22-12-8-7-11-21(19)22/h4-12,15,18,28H,13-14H2,1-3H3,(H,27,33). The molecule has 5 rings (SSSR count). The molecule has 1 amide bonds. The Bertz CT molecular complexity index is 1560. The van der Waals surface area contributed by atoms with E-state index in [2.05, 4.69) is 26.6 Å². The Morgan fingerprint density at radius 2 is 1.79 bits per heavy atom. The topological polar surface area (TPSA) is 97.6 Å². The highest BCUT2D eigenvalue weighted by Gasteiger charge is 2.23. The molecule has 172 valence electrons. The number of fused-ring (bicyclic) bond motifs is 2. The first-order chi connectivity index (χ1) is 16.5. The summed E-state index contributed by atoms with van der Waals surface area (Å²) in [4.78, 5) is 29.5. The number of hydrogen-bond donors (Lipinski definition) is 2. The van der Waals surface area contributed by atoms with Crippen molar-refractivity contribution < 1.29 is 4.79 Å². The van der Waals surface area contributed by atoms with E-state index in [0.29, 0.717) is 29.6 Å². The quantitative estimate of drug-likeness (QED) is 0.410. The minimum absolute atomic E-state index is 0.249. The van der Waals surface area contributed by atoms with Crippen LogP contribution in [0.15, 0.2) is 65.6 Å². The number of nitrogens with zero attached hydrogens (tertiary/aromatic N) is 4. The molecule has 0 fully saturated rings. The third-order valence-corrected chi connectivity index (χ3v) is 6.25. The molecule has 2 N–H and O–H groups in total. The van der Waals surface area contributed by atoms with Crippen molar-refractivity contribution in [3.8, 4) is 5.69 Å². The van der Waals surface area contributed by atoms with Gasteiger partial charge in [-0.1, -0.05) is 36.4 Å². The first-order valence-electron chi connectivity index (χ1n) is 11.3. The number of rotatable bonds is 6. The van der Waals surface area contributed by atoms with Crippen LogP contribution in [-0.4, -0.2) is 37.0 Å². The molecule has 0 saturated carbocycles. The molecule has 0 bridgehead atoms. The molecule has 0 aliphatic heterocycles. The third-order valence-electron chi connectivity index (χ3n) is 6.25. The van der Waals surface area contributed by atoms with Crippen LogP contribution in [0.25, 0.3) is 27.5 Å². The number of nitrogens with one attached hydrogen (secondary N) is 2. The van der Waals surface area contributed by atoms with Crippen molar-refractivity contribution in [1.82, 2.24) is 29.9 Å². The zero-order valence-electron chi connectivity index (χ0n) is 19.4. The van der Waals surface area contributed by atoms with Crippen molar-refractivity contribution >= 4 is 27.7 Å². The van der Waals surface area contributed by atoms with Gasteiger partial charge in [0.2, 0.25) is 5.91 Å². The highest BCUT2D eigenvalue weighted by Crippen LogP contribution is 2.21. The Labute approximate surface area is 196 Å². The van der Waals surface area contributed by atoms with Crippen LogP contribution >= 0.6 is 0 Å². The summed E-state index contributed by atoms with van der Waals surface area (Å²) < 4.78 is 3.01. The zero-order valence-corrected chi connectivity index (χ0v) is 19.4. The van der Waals surface area contributed by atoms with Gasteiger partial charge in [-0.05, 0) is 51.0 Å². The lowest BCUT2D eigenvalue weighted by atomic mass is 10.1. The lowest BCUT2D eigenvalue weighted by molar-refractivity contribution is -0.124. The van der Waals surface area contributed by atoms with Crippen LogP contribution in [0, 0.1) is 13.8 Å². The molecule has 1 atom stereocenters. The van der Waals surface area contributed by atoms with Gasteiger partial charge in [-0.15, -0.1) is 0 Å². The normalized spacial score (nSPS) is 12.3. The molecule has 0 aliphatic rings. The average molecular weight is 455 g/mol. The van der Waals surface area contributed by atoms with Crippen LogP contribution in [0.4, 0.5) is 0 Å². The lowest BCUT2D eigenvalue weighted by Gasteiger charge is -2.15. The molecule has 0 spiro atoms. The summed E-state index contributed by atoms with van der Waals surface area (Å²) in [5.74, 6) is -0.249. The van der Waals surface area contributed by atoms with Crippen LogP contribution in [0.3, 0.4) is 0 Å². The lowest BCUT2D eigenvalue weighted by Crippen LogP contribution is -2.38. The molecule has 0 aliphatic carbocycles. The fourth-order valence-electron chi connectivity index (χ4n) is 4.38. The van der Waals surface area contributed by atoms with Crippen LogP contribution in [0.1, 0.15) is 29.9 Å². The largest absolute Gasteiger partial charge is 0.361 e. The second-order valence-electron chi connectivity index (χ2n) is 8.47. The molecule has 8 nitrogen and oxygen atoms in total. The van der Waals surface area contributed by atoms with Gasteiger partial charge in [-0.2, -0.15) is 10.2 Å². The Balaban J connectivity index is 1.38. The minimum Gasteiger partial charge on any atom is -0.361 e. The van der Waals surface area contributed by atoms with Gasteiger partial charge in [0.25, 0.3) is 5.56 Å². The van der Waals surface area contributed by atoms with Gasteiger partial charge in [0.1, 0.15) is 11.6 Å². The predicted octanol–water partition coefficient (Wildman–Crippen LogP) is 3.60. The summed E-state index contributed by atoms with van der Waals surface area (Å²) in [6.45, 7) is 5.82. The molecule has 0 radical (unpaired) electrons. The number of aromatic amines is 1. The highest BCUT2D eigenvalue weighted by molar-refractivity contribution is 5.85. The van der Waals surface area contributed by atoms with Crippen molar-refractivity contribution in [2.75, 3.05) is 6.54 Å². The van der Waals surface area contributed by atoms with Crippen LogP contribution in [0.2, 0.25) is 0 Å². The third kappa shape index (κ3) is 3.67. The van der Waals surface area contributed by atoms with Crippen LogP contribution in [-0.2, 0) is 11.2 Å². The van der Waals surface area contributed by atoms with E-state index in [1.165, 1.54) is 4.68 Å². The number of para-hydroxylation sites is 2. The van der Waals surface area contributed by atoms with Gasteiger partial charge >= 0.3 is 0 Å². The number of benzene rings is 2. The summed E-state index contributed by atoms with van der Waals surface area (Å²) in [7, 11) is 0. The van der Waals surface area contributed by atoms with Crippen molar-refractivity contribution in [2.24, 2.45) is 0 Å². The van der Waals surface area contributed by atoms with E-state index < -0.39 is 6.04 Å². The summed E-state index contributed by atoms with van der Waals surface area (Å²) in [5.41, 5.74) is 4.63. The zero-order chi connectivity index (χ0) is 23.8. The minimum atomic E-state index is -0.752. The molecule has 3 heterocycles. The van der Waals surface area contributed by atoms with Crippen LogP contribution < -0.4 is 10.9 Å². The Hall–Kier alpha value is -4.20. The monoisotopic (exact) mass is 454 g/mol. The Kier molecular flexibility index (Phi) is 5.49. The smallest absolute Gasteiger partial charge is 0.278 e. The summed E-state index contributed by atoms with van der Waals surface area (Å²) in [5, 5.41) is 13.6. The van der Waals surface area contributed by atoms with Gasteiger partial charge in [-0.25, -0.2) is 9.36 Å². The molecule has 8 heteroatoms. The first kappa shape index (κ1) is 21.6. The molecule has 0 saturated heterocycles. The fraction of sp³-hybridized carbons (Fsp3) is 0.231. The van der Waals surface area contributed by atoms with Gasteiger partial charge in [0, 0.05) is 23.6 Å². The van der Waals surface area contributed by atoms with E-state index in [9.17, 15) is 9.59 Å². The summed E-state index contributed by atoms with van der Waals surface area (Å²) in [6, 6.07) is 17.0. The molecule has 3 aromatic heterocycles. The predicted molar refractivity (Wildman–Crippen MR) is 132 cm³/mol. The second kappa shape index (κ2) is 8.62. The first-order valence-corrected chi connectivity index (χ1v) is 11.3. The Morgan fingerprint density at radius 1 is 1.06 bits per heavy atom. The van der Waals surface area contributed by atoms with E-state index >= 15 is 0 Å². The second-order valence-corrected chi connectivity index (χ2v) is 8.47. The maximum Gasteiger partial charge on any atom is 0.278 e. The summed E-state index contributed by atoms with van der Waals surface area (Å²) in [6.07, 6.45) is 2.66. The van der Waals surface area contributed by atoms with E-state index in [4.69, 9.17) is 0 Å². The molecule has 1 unspecified atom stereocenters. The van der Waals surface area contributed by atoms with Crippen molar-refractivity contribution in [3.05, 3.63) is 88.1 Å². The molecular formula is C26H26N6O2. The highest BCUT2D eigenvalue weighted by atomic mass is 16.2. The maximum absolute atomic E-state index is 13.4. The van der Waals surface area contributed by atoms with E-state index in [1.807, 2.05) is 68.6 Å². The molecule has 2 aromatic carbocycles. The van der Waals surface area contributed by atoms with Gasteiger partial charge in [0.05, 0.1) is 22.5 Å². The number of carbonyl (C=O) groups is 1. The van der Waals surface area contributed by atoms with Gasteiger partial charge in [0.15, 0.2) is 0 Å². The molecule has 34 heavy (non-hydrogen) atoms. The van der Waals surface area contributed by atoms with Crippen LogP contribution in [0.5, 0.6) is 0 Å². The van der Waals surface area contributed by atoms with Crippen molar-refractivity contribution in [2.45, 2.75) is 33.2 Å². The fourth-order valence-corrected chi connectivity index (χ4v) is 4.38. The van der Waals surface area contributed by atoms with E-state index in [0.717, 1.165) is 27.8 Å². The number of aromatic nitrogens is 5. The van der Waals surface area contributed by atoms with Crippen molar-refractivity contribution in [3.63, 3.8) is 0 Å². The van der Waals surface area contributed by atoms with E-state index in [1.54, 1.807) is 11.6 Å². The van der Waals surface area contributed by atoms with Gasteiger partial charge < -0.3 is 10.3 Å². The van der Waals surface area contributed by atoms with Crippen molar-refractivity contribution in [1.29, 1.82) is 0 Å². The number of amides is 1. The number of aryl methyl sites for hydroxylation is 2. The van der Waals surface area contributed by atoms with E-state index in [-0.39, 0.29) is 11.5 Å². The number of H-pyrrole nitrogens is 1. The maximum atomic E-state index is 13.4.